The molecule has 1 heterocycles. The van der Waals surface area contributed by atoms with E-state index in [-0.39, 0.29) is 19.4 Å². The van der Waals surface area contributed by atoms with Gasteiger partial charge in [-0.2, -0.15) is 0 Å². The number of carbonyl (C=O) groups excluding carboxylic acids is 3. The fraction of sp³-hybridized carbons (Fsp3) is 0.400. The van der Waals surface area contributed by atoms with E-state index < -0.39 is 29.6 Å². The summed E-state index contributed by atoms with van der Waals surface area (Å²) in [5.41, 5.74) is 2.07. The zero-order chi connectivity index (χ0) is 30.6. The van der Waals surface area contributed by atoms with Crippen molar-refractivity contribution in [1.29, 1.82) is 0 Å². The molecule has 11 nitrogen and oxygen atoms in total. The number of ether oxygens (including phenoxy) is 2. The van der Waals surface area contributed by atoms with Gasteiger partial charge in [-0.3, -0.25) is 9.59 Å². The van der Waals surface area contributed by atoms with Crippen molar-refractivity contribution < 1.29 is 33.8 Å². The van der Waals surface area contributed by atoms with E-state index in [9.17, 15) is 14.4 Å². The highest BCUT2D eigenvalue weighted by Crippen LogP contribution is 2.29. The lowest BCUT2D eigenvalue weighted by molar-refractivity contribution is -0.142. The van der Waals surface area contributed by atoms with Crippen molar-refractivity contribution in [3.8, 4) is 5.75 Å². The lowest BCUT2D eigenvalue weighted by Crippen LogP contribution is -2.51. The summed E-state index contributed by atoms with van der Waals surface area (Å²) in [6.45, 7) is 5.56. The third kappa shape index (κ3) is 11.0. The first-order chi connectivity index (χ1) is 19.3. The van der Waals surface area contributed by atoms with E-state index in [0.29, 0.717) is 5.75 Å². The molecule has 3 aromatic rings. The first-order valence-corrected chi connectivity index (χ1v) is 13.1. The van der Waals surface area contributed by atoms with Gasteiger partial charge in [0.25, 0.3) is 6.47 Å². The molecule has 2 aromatic carbocycles. The second kappa shape index (κ2) is 15.4. The molecule has 0 aliphatic rings. The van der Waals surface area contributed by atoms with E-state index in [1.807, 2.05) is 62.8 Å². The first kappa shape index (κ1) is 32.8. The zero-order valence-electron chi connectivity index (χ0n) is 24.5. The number of aromatic amines is 1. The lowest BCUT2D eigenvalue weighted by atomic mass is 10.0. The summed E-state index contributed by atoms with van der Waals surface area (Å²) in [4.78, 5) is 53.7. The van der Waals surface area contributed by atoms with Crippen molar-refractivity contribution in [3.63, 3.8) is 0 Å². The molecule has 11 heteroatoms. The highest BCUT2D eigenvalue weighted by Gasteiger charge is 2.28. The van der Waals surface area contributed by atoms with Gasteiger partial charge in [-0.05, 0) is 64.5 Å². The van der Waals surface area contributed by atoms with Crippen molar-refractivity contribution in [2.75, 3.05) is 34.2 Å². The number of aromatic nitrogens is 1. The summed E-state index contributed by atoms with van der Waals surface area (Å²) in [5, 5.41) is 10.4. The van der Waals surface area contributed by atoms with Crippen LogP contribution in [0.5, 0.6) is 5.75 Å². The van der Waals surface area contributed by atoms with Gasteiger partial charge in [-0.15, -0.1) is 0 Å². The molecular weight excluding hydrogens is 528 g/mol. The van der Waals surface area contributed by atoms with Crippen LogP contribution in [0.2, 0.25) is 0 Å². The van der Waals surface area contributed by atoms with E-state index in [1.54, 1.807) is 26.8 Å². The monoisotopic (exact) mass is 568 g/mol. The van der Waals surface area contributed by atoms with E-state index in [0.717, 1.165) is 35.0 Å². The van der Waals surface area contributed by atoms with Gasteiger partial charge >= 0.3 is 12.1 Å². The number of alkyl carbamates (subject to hydrolysis) is 1. The molecule has 2 amide bonds. The van der Waals surface area contributed by atoms with Crippen LogP contribution in [0.3, 0.4) is 0 Å². The van der Waals surface area contributed by atoms with Gasteiger partial charge in [0, 0.05) is 37.1 Å². The van der Waals surface area contributed by atoms with E-state index in [2.05, 4.69) is 15.2 Å². The predicted molar refractivity (Wildman–Crippen MR) is 156 cm³/mol. The molecule has 1 atom stereocenters. The van der Waals surface area contributed by atoms with Crippen LogP contribution in [0.25, 0.3) is 10.9 Å². The van der Waals surface area contributed by atoms with Crippen LogP contribution >= 0.6 is 0 Å². The molecule has 0 saturated heterocycles. The Morgan fingerprint density at radius 3 is 2.32 bits per heavy atom. The molecule has 0 aliphatic carbocycles. The minimum atomic E-state index is -0.921. The fourth-order valence-corrected chi connectivity index (χ4v) is 4.04. The predicted octanol–water partition coefficient (Wildman–Crippen LogP) is 3.47. The molecule has 0 aliphatic heterocycles. The number of rotatable bonds is 10. The van der Waals surface area contributed by atoms with E-state index in [4.69, 9.17) is 19.4 Å². The van der Waals surface area contributed by atoms with E-state index >= 15 is 0 Å². The Bertz CT molecular complexity index is 1300. The van der Waals surface area contributed by atoms with Crippen molar-refractivity contribution in [2.45, 2.75) is 45.3 Å². The number of hydrogen-bond acceptors (Lipinski definition) is 7. The van der Waals surface area contributed by atoms with Gasteiger partial charge in [0.15, 0.2) is 0 Å². The van der Waals surface area contributed by atoms with Crippen molar-refractivity contribution in [1.82, 2.24) is 20.1 Å². The van der Waals surface area contributed by atoms with Gasteiger partial charge in [-0.1, -0.05) is 36.4 Å². The van der Waals surface area contributed by atoms with Crippen LogP contribution in [-0.2, 0) is 32.0 Å². The number of benzene rings is 2. The Morgan fingerprint density at radius 1 is 1.05 bits per heavy atom. The quantitative estimate of drug-likeness (QED) is 0.192. The third-order valence-corrected chi connectivity index (χ3v) is 5.82. The summed E-state index contributed by atoms with van der Waals surface area (Å²) in [5.74, 6) is -0.567. The lowest BCUT2D eigenvalue weighted by Gasteiger charge is -2.26. The summed E-state index contributed by atoms with van der Waals surface area (Å²) in [7, 11) is 5.52. The molecule has 3 N–H and O–H groups in total. The number of amides is 2. The number of likely N-dealkylation sites (N-methyl/N-ethyl adjacent to an activating group) is 2. The first-order valence-electron chi connectivity index (χ1n) is 13.1. The van der Waals surface area contributed by atoms with Gasteiger partial charge in [0.1, 0.15) is 23.9 Å². The molecule has 1 aromatic heterocycles. The number of carboxylic acid groups (broad SMARTS) is 1. The minimum Gasteiger partial charge on any atom is -0.483 e. The molecule has 222 valence electrons. The Balaban J connectivity index is 0.00000187. The maximum atomic E-state index is 13.3. The molecule has 0 saturated carbocycles. The van der Waals surface area contributed by atoms with Crippen LogP contribution in [-0.4, -0.2) is 90.2 Å². The molecule has 0 unspecified atom stereocenters. The molecule has 0 spiro atoms. The molecule has 3 rings (SSSR count). The normalized spacial score (nSPS) is 11.7. The fourth-order valence-electron chi connectivity index (χ4n) is 4.04. The highest BCUT2D eigenvalue weighted by atomic mass is 16.6. The summed E-state index contributed by atoms with van der Waals surface area (Å²) in [6, 6.07) is 13.9. The Hall–Kier alpha value is -4.38. The summed E-state index contributed by atoms with van der Waals surface area (Å²) >= 11 is 0. The zero-order valence-corrected chi connectivity index (χ0v) is 24.5. The van der Waals surface area contributed by atoms with Crippen LogP contribution in [0.1, 0.15) is 31.9 Å². The van der Waals surface area contributed by atoms with Gasteiger partial charge in [0.2, 0.25) is 5.91 Å². The standard InChI is InChI=1S/C29H38N4O5.CH2O2/c1-29(2,3)38-28(36)31-23(17-20-11-8-7-9-12-20)27(35)33(6)19-25(34)37-24-14-10-13-22-26(24)21(18-30-22)15-16-32(4)5;2-1-3/h7-14,18,23,30H,15-17,19H2,1-6H3,(H,31,36);1H,(H,2,3)/t23-;/m0./s1. The molecule has 41 heavy (non-hydrogen) atoms. The third-order valence-electron chi connectivity index (χ3n) is 5.82. The molecule has 0 bridgehead atoms. The number of H-pyrrole nitrogens is 1. The number of esters is 1. The SMILES string of the molecule is CN(C)CCc1c[nH]c2cccc(OC(=O)CN(C)C(=O)[C@H](Cc3ccccc3)NC(=O)OC(C)(C)C)c12.O=CO. The van der Waals surface area contributed by atoms with Crippen LogP contribution in [0, 0.1) is 0 Å². The molecular formula is C30H40N4O7. The number of fused-ring (bicyclic) bond motifs is 1. The number of carbonyl (C=O) groups is 4. The Labute approximate surface area is 240 Å². The van der Waals surface area contributed by atoms with Gasteiger partial charge in [0.05, 0.1) is 0 Å². The highest BCUT2D eigenvalue weighted by molar-refractivity contribution is 5.93. The second-order valence-corrected chi connectivity index (χ2v) is 10.7. The van der Waals surface area contributed by atoms with E-state index in [1.165, 1.54) is 11.9 Å². The topological polar surface area (TPSA) is 141 Å². The van der Waals surface area contributed by atoms with Crippen LogP contribution in [0.4, 0.5) is 4.79 Å². The number of hydrogen-bond donors (Lipinski definition) is 3. The summed E-state index contributed by atoms with van der Waals surface area (Å²) < 4.78 is 11.1. The molecule has 0 radical (unpaired) electrons. The largest absolute Gasteiger partial charge is 0.483 e. The minimum absolute atomic E-state index is 0.246. The van der Waals surface area contributed by atoms with Crippen molar-refractivity contribution in [2.24, 2.45) is 0 Å². The molecule has 0 fully saturated rings. The summed E-state index contributed by atoms with van der Waals surface area (Å²) in [6.07, 6.45) is 2.26. The number of nitrogens with one attached hydrogen (secondary N) is 2. The van der Waals surface area contributed by atoms with Crippen LogP contribution in [0.15, 0.2) is 54.7 Å². The van der Waals surface area contributed by atoms with Crippen molar-refractivity contribution >= 4 is 35.3 Å². The van der Waals surface area contributed by atoms with Gasteiger partial charge in [-0.25, -0.2) is 9.59 Å². The Kier molecular flexibility index (Phi) is 12.3. The maximum Gasteiger partial charge on any atom is 0.408 e. The Morgan fingerprint density at radius 2 is 1.71 bits per heavy atom. The van der Waals surface area contributed by atoms with Gasteiger partial charge < -0.3 is 34.7 Å². The smallest absolute Gasteiger partial charge is 0.408 e. The average Bonchev–Trinajstić information content (AvgIpc) is 3.30. The maximum absolute atomic E-state index is 13.3. The van der Waals surface area contributed by atoms with Crippen LogP contribution < -0.4 is 10.1 Å². The average molecular weight is 569 g/mol. The number of nitrogens with zero attached hydrogens (tertiary/aromatic N) is 2. The second-order valence-electron chi connectivity index (χ2n) is 10.7. The van der Waals surface area contributed by atoms with Crippen molar-refractivity contribution in [3.05, 3.63) is 65.9 Å².